The lowest BCUT2D eigenvalue weighted by Crippen LogP contribution is -2.00. The summed E-state index contributed by atoms with van der Waals surface area (Å²) in [5.74, 6) is 1.80. The lowest BCUT2D eigenvalue weighted by molar-refractivity contribution is 0.909. The second-order valence-corrected chi connectivity index (χ2v) is 14.8. The summed E-state index contributed by atoms with van der Waals surface area (Å²) in [5.41, 5.74) is 12.0. The van der Waals surface area contributed by atoms with Gasteiger partial charge in [0.15, 0.2) is 5.82 Å². The number of hydrogen-bond donors (Lipinski definition) is 0. The largest absolute Gasteiger partial charge is 0.296 e. The second-order valence-electron chi connectivity index (χ2n) is 14.8. The van der Waals surface area contributed by atoms with Crippen molar-refractivity contribution < 1.29 is 0 Å². The highest BCUT2D eigenvalue weighted by atomic mass is 15.1. The summed E-state index contributed by atoms with van der Waals surface area (Å²) in [5, 5.41) is 8.31. The van der Waals surface area contributed by atoms with Crippen molar-refractivity contribution in [1.82, 2.24) is 19.5 Å². The maximum Gasteiger partial charge on any atom is 0.160 e. The molecule has 268 valence electrons. The number of rotatable bonds is 6. The molecule has 11 rings (SSSR count). The van der Waals surface area contributed by atoms with Gasteiger partial charge in [-0.05, 0) is 91.6 Å². The van der Waals surface area contributed by atoms with E-state index in [0.29, 0.717) is 0 Å². The summed E-state index contributed by atoms with van der Waals surface area (Å²) in [4.78, 5) is 15.1. The molecule has 2 aromatic heterocycles. The van der Waals surface area contributed by atoms with Gasteiger partial charge in [0.25, 0.3) is 0 Å². The van der Waals surface area contributed by atoms with Gasteiger partial charge in [-0.1, -0.05) is 153 Å². The van der Waals surface area contributed by atoms with Crippen molar-refractivity contribution in [1.29, 1.82) is 0 Å². The summed E-state index contributed by atoms with van der Waals surface area (Å²) >= 11 is 0. The molecular weight excluding hydrogens is 693 g/mol. The Balaban J connectivity index is 0.910. The maximum absolute atomic E-state index is 5.12. The fraction of sp³-hybridized carbons (Fsp3) is 0.0377. The Labute approximate surface area is 330 Å². The van der Waals surface area contributed by atoms with Crippen LogP contribution in [0.4, 0.5) is 0 Å². The normalized spacial score (nSPS) is 11.7. The Morgan fingerprint density at radius 2 is 1.00 bits per heavy atom. The zero-order valence-electron chi connectivity index (χ0n) is 31.4. The van der Waals surface area contributed by atoms with Gasteiger partial charge in [0, 0.05) is 34.0 Å². The molecule has 0 amide bonds. The quantitative estimate of drug-likeness (QED) is 0.171. The fourth-order valence-electron chi connectivity index (χ4n) is 8.38. The van der Waals surface area contributed by atoms with Crippen LogP contribution in [0.3, 0.4) is 0 Å². The van der Waals surface area contributed by atoms with Gasteiger partial charge in [0.1, 0.15) is 5.82 Å². The first kappa shape index (κ1) is 33.0. The van der Waals surface area contributed by atoms with Gasteiger partial charge >= 0.3 is 0 Å². The molecule has 11 aromatic rings. The van der Waals surface area contributed by atoms with E-state index in [-0.39, 0.29) is 0 Å². The van der Waals surface area contributed by atoms with Crippen LogP contribution in [0, 0.1) is 0 Å². The average molecular weight is 729 g/mol. The van der Waals surface area contributed by atoms with E-state index in [1.165, 1.54) is 54.6 Å². The van der Waals surface area contributed by atoms with E-state index >= 15 is 0 Å². The van der Waals surface area contributed by atoms with Gasteiger partial charge in [-0.3, -0.25) is 4.57 Å². The molecule has 0 aliphatic rings. The number of imidazole rings is 1. The van der Waals surface area contributed by atoms with E-state index in [1.807, 2.05) is 24.3 Å². The molecule has 0 fully saturated rings. The minimum absolute atomic E-state index is 0.734. The van der Waals surface area contributed by atoms with Crippen molar-refractivity contribution in [2.24, 2.45) is 0 Å². The lowest BCUT2D eigenvalue weighted by Gasteiger charge is -2.12. The Bertz CT molecular complexity index is 3330. The number of para-hydroxylation sites is 1. The predicted octanol–water partition coefficient (Wildman–Crippen LogP) is 13.7. The number of hydrogen-bond acceptors (Lipinski definition) is 3. The van der Waals surface area contributed by atoms with Crippen LogP contribution in [0.5, 0.6) is 0 Å². The molecule has 0 aliphatic heterocycles. The van der Waals surface area contributed by atoms with Crippen molar-refractivity contribution in [2.45, 2.75) is 13.3 Å². The number of nitrogens with zero attached hydrogens (tertiary/aromatic N) is 4. The van der Waals surface area contributed by atoms with E-state index in [4.69, 9.17) is 15.0 Å². The van der Waals surface area contributed by atoms with Crippen molar-refractivity contribution in [3.05, 3.63) is 194 Å². The monoisotopic (exact) mass is 728 g/mol. The smallest absolute Gasteiger partial charge is 0.160 e. The first-order chi connectivity index (χ1) is 28.2. The summed E-state index contributed by atoms with van der Waals surface area (Å²) in [6.07, 6.45) is 0.853. The molecule has 2 heterocycles. The Kier molecular flexibility index (Phi) is 7.75. The summed E-state index contributed by atoms with van der Waals surface area (Å²) in [6, 6.07) is 67.2. The van der Waals surface area contributed by atoms with Crippen LogP contribution in [0.25, 0.3) is 105 Å². The summed E-state index contributed by atoms with van der Waals surface area (Å²) in [7, 11) is 0. The van der Waals surface area contributed by atoms with E-state index in [1.54, 1.807) is 0 Å². The minimum atomic E-state index is 0.734. The highest BCUT2D eigenvalue weighted by Crippen LogP contribution is 2.35. The number of aryl methyl sites for hydroxylation is 1. The minimum Gasteiger partial charge on any atom is -0.296 e. The zero-order chi connectivity index (χ0) is 37.9. The SMILES string of the molecule is CCc1nc2c3ccccc3ccc2n1-c1ccc2cc(-c3ccc4ccc(-c5ccc(-c6nc(-c7ccccc7)nc7ccccc67)cc5)cc4c3)ccc2c1. The van der Waals surface area contributed by atoms with E-state index in [0.717, 1.165) is 62.5 Å². The highest BCUT2D eigenvalue weighted by Gasteiger charge is 2.15. The Morgan fingerprint density at radius 1 is 0.404 bits per heavy atom. The molecule has 0 saturated heterocycles. The van der Waals surface area contributed by atoms with Crippen LogP contribution in [-0.2, 0) is 6.42 Å². The van der Waals surface area contributed by atoms with Crippen LogP contribution in [0.15, 0.2) is 188 Å². The molecule has 4 heteroatoms. The molecular formula is C53H36N4. The molecule has 57 heavy (non-hydrogen) atoms. The van der Waals surface area contributed by atoms with Crippen molar-refractivity contribution >= 4 is 54.3 Å². The lowest BCUT2D eigenvalue weighted by atomic mass is 9.95. The standard InChI is InChI=1S/C53H36N4/c1-2-50-55-52-46-13-7-6-10-36(46)27-29-49(52)57(50)45-28-26-42-30-40(24-25-43(42)33-45)41-23-19-35-18-22-39(31-44(35)32-41)34-16-20-37(21-17-34)51-47-14-8-9-15-48(47)54-53(56-51)38-11-4-3-5-12-38/h3-33H,2H2,1H3. The van der Waals surface area contributed by atoms with E-state index in [2.05, 4.69) is 175 Å². The van der Waals surface area contributed by atoms with Crippen molar-refractivity contribution in [3.8, 4) is 50.6 Å². The molecule has 0 spiro atoms. The van der Waals surface area contributed by atoms with E-state index in [9.17, 15) is 0 Å². The average Bonchev–Trinajstić information content (AvgIpc) is 3.68. The fourth-order valence-corrected chi connectivity index (χ4v) is 8.38. The Morgan fingerprint density at radius 3 is 1.79 bits per heavy atom. The Hall–Kier alpha value is -7.43. The molecule has 0 atom stereocenters. The summed E-state index contributed by atoms with van der Waals surface area (Å²) < 4.78 is 2.32. The molecule has 0 unspecified atom stereocenters. The zero-order valence-corrected chi connectivity index (χ0v) is 31.4. The molecule has 9 aromatic carbocycles. The molecule has 0 saturated carbocycles. The van der Waals surface area contributed by atoms with Crippen LogP contribution < -0.4 is 0 Å². The number of aromatic nitrogens is 4. The third kappa shape index (κ3) is 5.73. The van der Waals surface area contributed by atoms with Crippen molar-refractivity contribution in [3.63, 3.8) is 0 Å². The maximum atomic E-state index is 5.12. The third-order valence-electron chi connectivity index (χ3n) is 11.3. The van der Waals surface area contributed by atoms with Crippen LogP contribution in [0.2, 0.25) is 0 Å². The molecule has 0 aliphatic carbocycles. The predicted molar refractivity (Wildman–Crippen MR) is 238 cm³/mol. The van der Waals surface area contributed by atoms with Crippen molar-refractivity contribution in [2.75, 3.05) is 0 Å². The van der Waals surface area contributed by atoms with Crippen LogP contribution in [-0.4, -0.2) is 19.5 Å². The second kappa shape index (κ2) is 13.4. The van der Waals surface area contributed by atoms with Gasteiger partial charge in [0.2, 0.25) is 0 Å². The molecule has 0 radical (unpaired) electrons. The molecule has 4 nitrogen and oxygen atoms in total. The summed E-state index contributed by atoms with van der Waals surface area (Å²) in [6.45, 7) is 2.18. The van der Waals surface area contributed by atoms with E-state index < -0.39 is 0 Å². The van der Waals surface area contributed by atoms with Gasteiger partial charge in [-0.15, -0.1) is 0 Å². The number of benzene rings is 9. The van der Waals surface area contributed by atoms with Gasteiger partial charge in [0.05, 0.1) is 22.2 Å². The van der Waals surface area contributed by atoms with Crippen LogP contribution in [0.1, 0.15) is 12.7 Å². The molecule has 0 N–H and O–H groups in total. The highest BCUT2D eigenvalue weighted by molar-refractivity contribution is 6.05. The topological polar surface area (TPSA) is 43.6 Å². The van der Waals surface area contributed by atoms with Gasteiger partial charge in [-0.2, -0.15) is 0 Å². The molecule has 0 bridgehead atoms. The van der Waals surface area contributed by atoms with Crippen LogP contribution >= 0.6 is 0 Å². The first-order valence-corrected chi connectivity index (χ1v) is 19.6. The van der Waals surface area contributed by atoms with Gasteiger partial charge < -0.3 is 0 Å². The first-order valence-electron chi connectivity index (χ1n) is 19.6. The third-order valence-corrected chi connectivity index (χ3v) is 11.3. The van der Waals surface area contributed by atoms with Gasteiger partial charge in [-0.25, -0.2) is 15.0 Å². The number of fused-ring (bicyclic) bond motifs is 6.